The van der Waals surface area contributed by atoms with Crippen LogP contribution < -0.4 is 0 Å². The van der Waals surface area contributed by atoms with Crippen molar-refractivity contribution >= 4 is 0 Å². The first kappa shape index (κ1) is 12.0. The van der Waals surface area contributed by atoms with Crippen LogP contribution in [0.25, 0.3) is 0 Å². The minimum absolute atomic E-state index is 0.299. The van der Waals surface area contributed by atoms with Crippen molar-refractivity contribution in [1.29, 1.82) is 0 Å². The fourth-order valence-electron chi connectivity index (χ4n) is 3.26. The van der Waals surface area contributed by atoms with E-state index in [1.807, 2.05) is 0 Å². The Bertz CT molecular complexity index is 162. The van der Waals surface area contributed by atoms with Crippen LogP contribution in [0.4, 0.5) is 0 Å². The second-order valence-electron chi connectivity index (χ2n) is 6.65. The second kappa shape index (κ2) is 3.84. The molecule has 1 rings (SSSR count). The maximum Gasteiger partial charge on any atom is 0.0133 e. The zero-order valence-electron chi connectivity index (χ0n) is 10.9. The van der Waals surface area contributed by atoms with Crippen molar-refractivity contribution in [2.24, 2.45) is 0 Å². The molecule has 1 heteroatoms. The molecule has 0 radical (unpaired) electrons. The molecule has 1 aliphatic rings. The Labute approximate surface area is 89.9 Å². The minimum Gasteiger partial charge on any atom is -0.291 e. The Balaban J connectivity index is 2.82. The van der Waals surface area contributed by atoms with E-state index < -0.39 is 0 Å². The molecule has 0 spiro atoms. The molecule has 0 unspecified atom stereocenters. The Morgan fingerprint density at radius 2 is 1.14 bits per heavy atom. The SMILES string of the molecule is CC(C)(C)N(C1CCCC1)C(C)(C)C. The third-order valence-electron chi connectivity index (χ3n) is 3.14. The molecule has 0 aromatic rings. The summed E-state index contributed by atoms with van der Waals surface area (Å²) in [6.45, 7) is 14.1. The highest BCUT2D eigenvalue weighted by atomic mass is 15.3. The molecule has 1 nitrogen and oxygen atoms in total. The van der Waals surface area contributed by atoms with E-state index >= 15 is 0 Å². The summed E-state index contributed by atoms with van der Waals surface area (Å²) in [5, 5.41) is 0. The summed E-state index contributed by atoms with van der Waals surface area (Å²) in [6.07, 6.45) is 5.64. The molecule has 0 saturated heterocycles. The first-order chi connectivity index (χ1) is 6.23. The van der Waals surface area contributed by atoms with Crippen LogP contribution in [0.15, 0.2) is 0 Å². The zero-order chi connectivity index (χ0) is 11.0. The van der Waals surface area contributed by atoms with Gasteiger partial charge in [-0.05, 0) is 54.4 Å². The second-order valence-corrected chi connectivity index (χ2v) is 6.65. The average molecular weight is 197 g/mol. The molecule has 1 saturated carbocycles. The van der Waals surface area contributed by atoms with Gasteiger partial charge < -0.3 is 0 Å². The largest absolute Gasteiger partial charge is 0.291 e. The van der Waals surface area contributed by atoms with E-state index in [2.05, 4.69) is 46.4 Å². The van der Waals surface area contributed by atoms with Crippen LogP contribution in [0.3, 0.4) is 0 Å². The van der Waals surface area contributed by atoms with Crippen molar-refractivity contribution in [1.82, 2.24) is 4.90 Å². The Morgan fingerprint density at radius 1 is 0.786 bits per heavy atom. The lowest BCUT2D eigenvalue weighted by molar-refractivity contribution is -0.00301. The van der Waals surface area contributed by atoms with E-state index in [0.29, 0.717) is 11.1 Å². The fraction of sp³-hybridized carbons (Fsp3) is 1.00. The number of hydrogen-bond acceptors (Lipinski definition) is 1. The zero-order valence-corrected chi connectivity index (χ0v) is 10.9. The molecule has 0 amide bonds. The van der Waals surface area contributed by atoms with E-state index in [4.69, 9.17) is 0 Å². The van der Waals surface area contributed by atoms with Crippen LogP contribution in [-0.2, 0) is 0 Å². The first-order valence-corrected chi connectivity index (χ1v) is 6.02. The van der Waals surface area contributed by atoms with Gasteiger partial charge in [-0.1, -0.05) is 12.8 Å². The van der Waals surface area contributed by atoms with Gasteiger partial charge in [0.15, 0.2) is 0 Å². The van der Waals surface area contributed by atoms with Crippen molar-refractivity contribution in [2.75, 3.05) is 0 Å². The topological polar surface area (TPSA) is 3.24 Å². The standard InChI is InChI=1S/C13H27N/c1-12(2,3)14(13(4,5)6)11-9-7-8-10-11/h11H,7-10H2,1-6H3. The van der Waals surface area contributed by atoms with E-state index in [9.17, 15) is 0 Å². The lowest BCUT2D eigenvalue weighted by Crippen LogP contribution is -2.56. The average Bonchev–Trinajstić information content (AvgIpc) is 2.31. The summed E-state index contributed by atoms with van der Waals surface area (Å²) in [5.41, 5.74) is 0.598. The fourth-order valence-corrected chi connectivity index (χ4v) is 3.26. The van der Waals surface area contributed by atoms with Crippen molar-refractivity contribution in [3.8, 4) is 0 Å². The van der Waals surface area contributed by atoms with Gasteiger partial charge in [0.2, 0.25) is 0 Å². The molecule has 0 aromatic carbocycles. The molecule has 0 heterocycles. The number of nitrogens with zero attached hydrogens (tertiary/aromatic N) is 1. The van der Waals surface area contributed by atoms with Gasteiger partial charge in [0.1, 0.15) is 0 Å². The molecule has 0 aromatic heterocycles. The normalized spacial score (nSPS) is 20.8. The molecule has 1 fully saturated rings. The maximum atomic E-state index is 2.72. The molecular weight excluding hydrogens is 170 g/mol. The van der Waals surface area contributed by atoms with Gasteiger partial charge in [-0.25, -0.2) is 0 Å². The minimum atomic E-state index is 0.299. The summed E-state index contributed by atoms with van der Waals surface area (Å²) < 4.78 is 0. The third-order valence-corrected chi connectivity index (χ3v) is 3.14. The van der Waals surface area contributed by atoms with Gasteiger partial charge in [-0.2, -0.15) is 0 Å². The molecule has 0 bridgehead atoms. The predicted molar refractivity (Wildman–Crippen MR) is 63.6 cm³/mol. The molecule has 0 atom stereocenters. The van der Waals surface area contributed by atoms with Gasteiger partial charge in [-0.3, -0.25) is 4.90 Å². The molecule has 84 valence electrons. The summed E-state index contributed by atoms with van der Waals surface area (Å²) in [5.74, 6) is 0. The Hall–Kier alpha value is -0.0400. The van der Waals surface area contributed by atoms with E-state index in [0.717, 1.165) is 6.04 Å². The molecular formula is C13H27N. The highest BCUT2D eigenvalue weighted by Crippen LogP contribution is 2.34. The van der Waals surface area contributed by atoms with E-state index in [1.54, 1.807) is 0 Å². The van der Waals surface area contributed by atoms with Crippen LogP contribution in [0.5, 0.6) is 0 Å². The maximum absolute atomic E-state index is 2.72. The van der Waals surface area contributed by atoms with Gasteiger partial charge in [0.25, 0.3) is 0 Å². The summed E-state index contributed by atoms with van der Waals surface area (Å²) in [7, 11) is 0. The van der Waals surface area contributed by atoms with Crippen LogP contribution in [0, 0.1) is 0 Å². The highest BCUT2D eigenvalue weighted by Gasteiger charge is 2.37. The third kappa shape index (κ3) is 2.73. The molecule has 0 aliphatic heterocycles. The van der Waals surface area contributed by atoms with Gasteiger partial charge in [0.05, 0.1) is 0 Å². The monoisotopic (exact) mass is 197 g/mol. The van der Waals surface area contributed by atoms with Gasteiger partial charge in [-0.15, -0.1) is 0 Å². The van der Waals surface area contributed by atoms with Crippen molar-refractivity contribution in [2.45, 2.75) is 84.3 Å². The lowest BCUT2D eigenvalue weighted by Gasteiger charge is -2.49. The molecule has 14 heavy (non-hydrogen) atoms. The molecule has 1 aliphatic carbocycles. The van der Waals surface area contributed by atoms with E-state index in [1.165, 1.54) is 25.7 Å². The van der Waals surface area contributed by atoms with Crippen LogP contribution in [-0.4, -0.2) is 22.0 Å². The molecule has 0 N–H and O–H groups in total. The quantitative estimate of drug-likeness (QED) is 0.617. The Morgan fingerprint density at radius 3 is 1.43 bits per heavy atom. The predicted octanol–water partition coefficient (Wildman–Crippen LogP) is 3.83. The van der Waals surface area contributed by atoms with Crippen molar-refractivity contribution < 1.29 is 0 Å². The number of hydrogen-bond donors (Lipinski definition) is 0. The van der Waals surface area contributed by atoms with Crippen LogP contribution in [0.1, 0.15) is 67.2 Å². The Kier molecular flexibility index (Phi) is 3.30. The van der Waals surface area contributed by atoms with Crippen LogP contribution >= 0.6 is 0 Å². The first-order valence-electron chi connectivity index (χ1n) is 6.02. The smallest absolute Gasteiger partial charge is 0.0133 e. The lowest BCUT2D eigenvalue weighted by atomic mass is 9.92. The van der Waals surface area contributed by atoms with Crippen LogP contribution in [0.2, 0.25) is 0 Å². The van der Waals surface area contributed by atoms with Crippen molar-refractivity contribution in [3.05, 3.63) is 0 Å². The number of rotatable bonds is 1. The van der Waals surface area contributed by atoms with E-state index in [-0.39, 0.29) is 0 Å². The van der Waals surface area contributed by atoms with Crippen molar-refractivity contribution in [3.63, 3.8) is 0 Å². The summed E-state index contributed by atoms with van der Waals surface area (Å²) >= 11 is 0. The van der Waals surface area contributed by atoms with Gasteiger partial charge in [0, 0.05) is 17.1 Å². The highest BCUT2D eigenvalue weighted by molar-refractivity contribution is 4.93. The summed E-state index contributed by atoms with van der Waals surface area (Å²) in [4.78, 5) is 2.72. The van der Waals surface area contributed by atoms with Gasteiger partial charge >= 0.3 is 0 Å². The summed E-state index contributed by atoms with van der Waals surface area (Å²) in [6, 6.07) is 0.815.